The monoisotopic (exact) mass is 479 g/mol. The zero-order valence-electron chi connectivity index (χ0n) is 19.4. The Morgan fingerprint density at radius 1 is 0.882 bits per heavy atom. The van der Waals surface area contributed by atoms with Crippen LogP contribution in [0, 0.1) is 5.92 Å². The number of carboxylic acid groups (broad SMARTS) is 1. The van der Waals surface area contributed by atoms with Gasteiger partial charge in [-0.1, -0.05) is 26.0 Å². The average Bonchev–Trinajstić information content (AvgIpc) is 2.74. The van der Waals surface area contributed by atoms with Crippen LogP contribution in [0.15, 0.2) is 24.3 Å². The molecule has 0 fully saturated rings. The van der Waals surface area contributed by atoms with E-state index in [9.17, 15) is 34.2 Å². The van der Waals surface area contributed by atoms with Gasteiger partial charge in [0.1, 0.15) is 23.9 Å². The minimum atomic E-state index is -1.29. The summed E-state index contributed by atoms with van der Waals surface area (Å²) < 4.78 is 0. The summed E-state index contributed by atoms with van der Waals surface area (Å²) in [5.74, 6) is -4.48. The lowest BCUT2D eigenvalue weighted by Crippen LogP contribution is -2.58. The second-order valence-electron chi connectivity index (χ2n) is 8.36. The lowest BCUT2D eigenvalue weighted by Gasteiger charge is -2.27. The number of carbonyl (C=O) groups excluding carboxylic acids is 4. The quantitative estimate of drug-likeness (QED) is 0.181. The predicted octanol–water partition coefficient (Wildman–Crippen LogP) is -1.26. The molecule has 0 aliphatic carbocycles. The maximum Gasteiger partial charge on any atom is 0.326 e. The molecule has 0 saturated carbocycles. The van der Waals surface area contributed by atoms with E-state index in [-0.39, 0.29) is 25.0 Å². The van der Waals surface area contributed by atoms with Crippen LogP contribution in [0.4, 0.5) is 0 Å². The van der Waals surface area contributed by atoms with Gasteiger partial charge in [-0.15, -0.1) is 0 Å². The number of aromatic hydroxyl groups is 1. The van der Waals surface area contributed by atoms with E-state index >= 15 is 0 Å². The molecule has 0 spiro atoms. The van der Waals surface area contributed by atoms with Crippen molar-refractivity contribution in [3.05, 3.63) is 29.8 Å². The molecular formula is C22H33N5O7. The van der Waals surface area contributed by atoms with Gasteiger partial charge in [-0.05, 0) is 37.0 Å². The molecule has 9 N–H and O–H groups in total. The Morgan fingerprint density at radius 2 is 1.44 bits per heavy atom. The van der Waals surface area contributed by atoms with Crippen molar-refractivity contribution in [2.45, 2.75) is 64.2 Å². The summed E-state index contributed by atoms with van der Waals surface area (Å²) in [6, 6.07) is 1.35. The Morgan fingerprint density at radius 3 is 1.91 bits per heavy atom. The number of amides is 4. The first-order valence-corrected chi connectivity index (χ1v) is 10.8. The van der Waals surface area contributed by atoms with E-state index in [1.165, 1.54) is 31.2 Å². The highest BCUT2D eigenvalue weighted by Gasteiger charge is 2.31. The van der Waals surface area contributed by atoms with Crippen LogP contribution in [0.25, 0.3) is 0 Å². The molecule has 4 amide bonds. The number of phenolic OH excluding ortho intramolecular Hbond substituents is 1. The molecule has 0 saturated heterocycles. The molecular weight excluding hydrogens is 446 g/mol. The SMILES string of the molecule is CC(N)C(=O)NC(CCC(N)=O)C(=O)NC(C(=O)NC(Cc1ccc(O)cc1)C(=O)O)C(C)C. The van der Waals surface area contributed by atoms with Crippen molar-refractivity contribution >= 4 is 29.6 Å². The van der Waals surface area contributed by atoms with Gasteiger partial charge in [0.25, 0.3) is 0 Å². The average molecular weight is 480 g/mol. The fourth-order valence-electron chi connectivity index (χ4n) is 2.98. The first-order valence-electron chi connectivity index (χ1n) is 10.8. The van der Waals surface area contributed by atoms with Gasteiger partial charge in [0.15, 0.2) is 0 Å². The van der Waals surface area contributed by atoms with Gasteiger partial charge in [0.2, 0.25) is 23.6 Å². The fourth-order valence-corrected chi connectivity index (χ4v) is 2.98. The molecule has 1 rings (SSSR count). The number of primary amides is 1. The first-order chi connectivity index (χ1) is 15.8. The lowest BCUT2D eigenvalue weighted by atomic mass is 10.00. The highest BCUT2D eigenvalue weighted by atomic mass is 16.4. The number of nitrogens with one attached hydrogen (secondary N) is 3. The number of hydrogen-bond donors (Lipinski definition) is 7. The normalized spacial score (nSPS) is 14.4. The molecule has 12 heteroatoms. The molecule has 0 bridgehead atoms. The molecule has 188 valence electrons. The number of carbonyl (C=O) groups is 5. The molecule has 0 radical (unpaired) electrons. The van der Waals surface area contributed by atoms with Crippen molar-refractivity contribution < 1.29 is 34.2 Å². The van der Waals surface area contributed by atoms with Crippen molar-refractivity contribution in [2.75, 3.05) is 0 Å². The van der Waals surface area contributed by atoms with Crippen molar-refractivity contribution in [1.29, 1.82) is 0 Å². The lowest BCUT2D eigenvalue weighted by molar-refractivity contribution is -0.142. The van der Waals surface area contributed by atoms with E-state index in [1.807, 2.05) is 0 Å². The van der Waals surface area contributed by atoms with E-state index in [1.54, 1.807) is 13.8 Å². The van der Waals surface area contributed by atoms with Gasteiger partial charge < -0.3 is 37.6 Å². The molecule has 12 nitrogen and oxygen atoms in total. The fraction of sp³-hybridized carbons (Fsp3) is 0.500. The van der Waals surface area contributed by atoms with Gasteiger partial charge in [-0.3, -0.25) is 19.2 Å². The summed E-state index contributed by atoms with van der Waals surface area (Å²) in [6.45, 7) is 4.72. The van der Waals surface area contributed by atoms with Gasteiger partial charge in [-0.25, -0.2) is 4.79 Å². The van der Waals surface area contributed by atoms with Crippen LogP contribution >= 0.6 is 0 Å². The van der Waals surface area contributed by atoms with E-state index in [4.69, 9.17) is 11.5 Å². The van der Waals surface area contributed by atoms with Crippen LogP contribution in [0.3, 0.4) is 0 Å². The highest BCUT2D eigenvalue weighted by molar-refractivity contribution is 5.94. The number of benzene rings is 1. The third-order valence-corrected chi connectivity index (χ3v) is 4.96. The predicted molar refractivity (Wildman–Crippen MR) is 122 cm³/mol. The van der Waals surface area contributed by atoms with Gasteiger partial charge in [0.05, 0.1) is 6.04 Å². The molecule has 0 aromatic heterocycles. The molecule has 1 aromatic rings. The molecule has 34 heavy (non-hydrogen) atoms. The maximum atomic E-state index is 12.9. The zero-order chi connectivity index (χ0) is 26.0. The van der Waals surface area contributed by atoms with Crippen LogP contribution in [0.2, 0.25) is 0 Å². The van der Waals surface area contributed by atoms with Crippen LogP contribution < -0.4 is 27.4 Å². The summed E-state index contributed by atoms with van der Waals surface area (Å²) in [7, 11) is 0. The Bertz CT molecular complexity index is 886. The van der Waals surface area contributed by atoms with E-state index in [0.29, 0.717) is 5.56 Å². The zero-order valence-corrected chi connectivity index (χ0v) is 19.4. The number of aliphatic carboxylic acids is 1. The van der Waals surface area contributed by atoms with E-state index in [0.717, 1.165) is 0 Å². The number of hydrogen-bond acceptors (Lipinski definition) is 7. The number of phenols is 1. The van der Waals surface area contributed by atoms with Crippen molar-refractivity contribution in [1.82, 2.24) is 16.0 Å². The van der Waals surface area contributed by atoms with Crippen molar-refractivity contribution in [3.63, 3.8) is 0 Å². The second-order valence-corrected chi connectivity index (χ2v) is 8.36. The number of rotatable bonds is 13. The molecule has 0 aliphatic heterocycles. The highest BCUT2D eigenvalue weighted by Crippen LogP contribution is 2.12. The molecule has 1 aromatic carbocycles. The Kier molecular flexibility index (Phi) is 11.0. The minimum Gasteiger partial charge on any atom is -0.508 e. The van der Waals surface area contributed by atoms with Crippen LogP contribution in [-0.4, -0.2) is 64.0 Å². The Balaban J connectivity index is 2.97. The second kappa shape index (κ2) is 13.1. The summed E-state index contributed by atoms with van der Waals surface area (Å²) in [5, 5.41) is 26.3. The standard InChI is InChI=1S/C22H33N5O7/c1-11(2)18(27-20(31)15(8-9-17(24)29)25-19(30)12(3)23)21(32)26-16(22(33)34)10-13-4-6-14(28)7-5-13/h4-7,11-12,15-16,18,28H,8-10,23H2,1-3H3,(H2,24,29)(H,25,30)(H,26,32)(H,27,31)(H,33,34). The Hall–Kier alpha value is -3.67. The van der Waals surface area contributed by atoms with E-state index in [2.05, 4.69) is 16.0 Å². The smallest absolute Gasteiger partial charge is 0.326 e. The summed E-state index contributed by atoms with van der Waals surface area (Å²) in [4.78, 5) is 60.6. The van der Waals surface area contributed by atoms with Crippen LogP contribution in [0.5, 0.6) is 5.75 Å². The van der Waals surface area contributed by atoms with Gasteiger partial charge in [-0.2, -0.15) is 0 Å². The van der Waals surface area contributed by atoms with Crippen molar-refractivity contribution in [2.24, 2.45) is 17.4 Å². The third kappa shape index (κ3) is 9.45. The third-order valence-electron chi connectivity index (χ3n) is 4.96. The molecule has 0 aliphatic rings. The van der Waals surface area contributed by atoms with E-state index < -0.39 is 59.7 Å². The topological polar surface area (TPSA) is 214 Å². The number of carboxylic acids is 1. The molecule has 4 atom stereocenters. The minimum absolute atomic E-state index is 0.0178. The largest absolute Gasteiger partial charge is 0.508 e. The maximum absolute atomic E-state index is 12.9. The van der Waals surface area contributed by atoms with Gasteiger partial charge >= 0.3 is 5.97 Å². The number of nitrogens with two attached hydrogens (primary N) is 2. The summed E-state index contributed by atoms with van der Waals surface area (Å²) in [5.41, 5.74) is 11.2. The first kappa shape index (κ1) is 28.4. The summed E-state index contributed by atoms with van der Waals surface area (Å²) in [6.07, 6.45) is -0.347. The summed E-state index contributed by atoms with van der Waals surface area (Å²) >= 11 is 0. The molecule has 0 heterocycles. The molecule has 4 unspecified atom stereocenters. The van der Waals surface area contributed by atoms with Gasteiger partial charge in [0, 0.05) is 12.8 Å². The van der Waals surface area contributed by atoms with Crippen LogP contribution in [0.1, 0.15) is 39.2 Å². The van der Waals surface area contributed by atoms with Crippen molar-refractivity contribution in [3.8, 4) is 5.75 Å². The van der Waals surface area contributed by atoms with Crippen LogP contribution in [-0.2, 0) is 30.4 Å². The Labute approximate surface area is 197 Å².